The average Bonchev–Trinajstić information content (AvgIpc) is 2.80. The van der Waals surface area contributed by atoms with Gasteiger partial charge >= 0.3 is 11.9 Å². The number of hydrogen-bond donors (Lipinski definition) is 4. The van der Waals surface area contributed by atoms with E-state index in [-0.39, 0.29) is 18.1 Å². The molecule has 0 bridgehead atoms. The van der Waals surface area contributed by atoms with Crippen molar-refractivity contribution in [2.75, 3.05) is 0 Å². The molecule has 2 unspecified atom stereocenters. The van der Waals surface area contributed by atoms with Gasteiger partial charge in [0.1, 0.15) is 0 Å². The lowest BCUT2D eigenvalue weighted by Gasteiger charge is -2.26. The number of benzene rings is 2. The van der Waals surface area contributed by atoms with Crippen LogP contribution in [-0.2, 0) is 0 Å². The van der Waals surface area contributed by atoms with E-state index < -0.39 is 11.9 Å². The van der Waals surface area contributed by atoms with E-state index in [1.54, 1.807) is 60.7 Å². The van der Waals surface area contributed by atoms with Gasteiger partial charge in [0.25, 0.3) is 0 Å². The lowest BCUT2D eigenvalue weighted by molar-refractivity contribution is 0.00366. The standard InChI is InChI=1S/C11H24O2.2C7H6O2/c1-4-7-8-9(10(12)5-2)11(13)6-3;2*8-7(9)6-4-2-1-3-5-6/h9-13H,4-8H2,1-3H3;2*1-5H,(H,8,9). The molecule has 0 saturated heterocycles. The molecule has 0 aliphatic rings. The first-order chi connectivity index (χ1) is 14.8. The molecular weight excluding hydrogens is 396 g/mol. The Morgan fingerprint density at radius 1 is 0.710 bits per heavy atom. The Balaban J connectivity index is 0.000000445. The Morgan fingerprint density at radius 2 is 1.06 bits per heavy atom. The summed E-state index contributed by atoms with van der Waals surface area (Å²) in [5, 5.41) is 36.1. The highest BCUT2D eigenvalue weighted by Gasteiger charge is 2.23. The summed E-state index contributed by atoms with van der Waals surface area (Å²) >= 11 is 0. The summed E-state index contributed by atoms with van der Waals surface area (Å²) in [4.78, 5) is 20.4. The van der Waals surface area contributed by atoms with Crippen LogP contribution in [0.4, 0.5) is 0 Å². The topological polar surface area (TPSA) is 115 Å². The van der Waals surface area contributed by atoms with Gasteiger partial charge < -0.3 is 20.4 Å². The molecule has 172 valence electrons. The fourth-order valence-electron chi connectivity index (χ4n) is 2.85. The van der Waals surface area contributed by atoms with Crippen LogP contribution in [0, 0.1) is 5.92 Å². The SMILES string of the molecule is CCCCC(C(O)CC)C(O)CC.O=C(O)c1ccccc1.O=C(O)c1ccccc1. The van der Waals surface area contributed by atoms with Crippen LogP contribution in [0.25, 0.3) is 0 Å². The number of aliphatic hydroxyl groups is 2. The maximum absolute atomic E-state index is 10.2. The number of carboxylic acids is 2. The maximum atomic E-state index is 10.2. The molecule has 0 amide bonds. The van der Waals surface area contributed by atoms with Crippen LogP contribution in [0.15, 0.2) is 60.7 Å². The second-order valence-electron chi connectivity index (χ2n) is 7.10. The average molecular weight is 433 g/mol. The van der Waals surface area contributed by atoms with Gasteiger partial charge in [-0.2, -0.15) is 0 Å². The van der Waals surface area contributed by atoms with Crippen molar-refractivity contribution < 1.29 is 30.0 Å². The molecule has 2 aromatic rings. The molecule has 0 aliphatic heterocycles. The molecule has 6 nitrogen and oxygen atoms in total. The first-order valence-corrected chi connectivity index (χ1v) is 10.7. The van der Waals surface area contributed by atoms with E-state index in [2.05, 4.69) is 6.92 Å². The fraction of sp³-hybridized carbons (Fsp3) is 0.440. The monoisotopic (exact) mass is 432 g/mol. The lowest BCUT2D eigenvalue weighted by Crippen LogP contribution is -2.31. The van der Waals surface area contributed by atoms with Crippen LogP contribution >= 0.6 is 0 Å². The molecule has 2 aromatic carbocycles. The number of carbonyl (C=O) groups is 2. The highest BCUT2D eigenvalue weighted by atomic mass is 16.4. The fourth-order valence-corrected chi connectivity index (χ4v) is 2.85. The molecule has 0 aromatic heterocycles. The largest absolute Gasteiger partial charge is 0.478 e. The molecular formula is C25H36O6. The third-order valence-corrected chi connectivity index (χ3v) is 4.76. The summed E-state index contributed by atoms with van der Waals surface area (Å²) in [6.45, 7) is 6.06. The lowest BCUT2D eigenvalue weighted by atomic mass is 9.88. The molecule has 4 N–H and O–H groups in total. The van der Waals surface area contributed by atoms with Gasteiger partial charge in [0.05, 0.1) is 23.3 Å². The number of hydrogen-bond acceptors (Lipinski definition) is 4. The van der Waals surface area contributed by atoms with Crippen molar-refractivity contribution in [3.8, 4) is 0 Å². The number of carboxylic acid groups (broad SMARTS) is 2. The Bertz CT molecular complexity index is 658. The van der Waals surface area contributed by atoms with Gasteiger partial charge in [0.15, 0.2) is 0 Å². The van der Waals surface area contributed by atoms with Crippen molar-refractivity contribution in [1.82, 2.24) is 0 Å². The van der Waals surface area contributed by atoms with E-state index in [1.165, 1.54) is 0 Å². The van der Waals surface area contributed by atoms with Gasteiger partial charge in [0, 0.05) is 5.92 Å². The van der Waals surface area contributed by atoms with Crippen LogP contribution in [0.1, 0.15) is 73.6 Å². The van der Waals surface area contributed by atoms with Crippen molar-refractivity contribution in [3.63, 3.8) is 0 Å². The van der Waals surface area contributed by atoms with Crippen molar-refractivity contribution in [2.45, 2.75) is 65.1 Å². The predicted molar refractivity (Wildman–Crippen MR) is 122 cm³/mol. The zero-order chi connectivity index (χ0) is 23.6. The van der Waals surface area contributed by atoms with E-state index in [0.717, 1.165) is 32.1 Å². The van der Waals surface area contributed by atoms with Crippen molar-refractivity contribution in [2.24, 2.45) is 5.92 Å². The van der Waals surface area contributed by atoms with E-state index in [1.807, 2.05) is 13.8 Å². The number of unbranched alkanes of at least 4 members (excludes halogenated alkanes) is 1. The minimum Gasteiger partial charge on any atom is -0.478 e. The Morgan fingerprint density at radius 3 is 1.29 bits per heavy atom. The normalized spacial score (nSPS) is 12.8. The Labute approximate surface area is 185 Å². The molecule has 0 heterocycles. The minimum atomic E-state index is -0.879. The maximum Gasteiger partial charge on any atom is 0.335 e. The summed E-state index contributed by atoms with van der Waals surface area (Å²) in [6, 6.07) is 16.6. The Kier molecular flexibility index (Phi) is 15.5. The van der Waals surface area contributed by atoms with Crippen LogP contribution in [0.2, 0.25) is 0 Å². The second kappa shape index (κ2) is 17.0. The summed E-state index contributed by atoms with van der Waals surface area (Å²) in [6.07, 6.45) is 3.99. The first-order valence-electron chi connectivity index (χ1n) is 10.7. The van der Waals surface area contributed by atoms with Crippen molar-refractivity contribution in [1.29, 1.82) is 0 Å². The van der Waals surface area contributed by atoms with Gasteiger partial charge in [-0.25, -0.2) is 9.59 Å². The third kappa shape index (κ3) is 12.6. The molecule has 31 heavy (non-hydrogen) atoms. The number of aromatic carboxylic acids is 2. The molecule has 0 saturated carbocycles. The van der Waals surface area contributed by atoms with E-state index in [0.29, 0.717) is 11.1 Å². The second-order valence-corrected chi connectivity index (χ2v) is 7.10. The number of aliphatic hydroxyl groups excluding tert-OH is 2. The summed E-state index contributed by atoms with van der Waals surface area (Å²) in [7, 11) is 0. The van der Waals surface area contributed by atoms with E-state index >= 15 is 0 Å². The summed E-state index contributed by atoms with van der Waals surface area (Å²) in [5.74, 6) is -1.68. The van der Waals surface area contributed by atoms with Gasteiger partial charge in [-0.05, 0) is 43.5 Å². The van der Waals surface area contributed by atoms with Gasteiger partial charge in [0.2, 0.25) is 0 Å². The molecule has 0 aliphatic carbocycles. The minimum absolute atomic E-state index is 0.0787. The summed E-state index contributed by atoms with van der Waals surface area (Å²) in [5.41, 5.74) is 0.662. The predicted octanol–water partition coefficient (Wildman–Crippen LogP) is 5.10. The quantitative estimate of drug-likeness (QED) is 0.438. The van der Waals surface area contributed by atoms with E-state index in [4.69, 9.17) is 10.2 Å². The van der Waals surface area contributed by atoms with Gasteiger partial charge in [-0.3, -0.25) is 0 Å². The molecule has 2 atom stereocenters. The highest BCUT2D eigenvalue weighted by Crippen LogP contribution is 2.21. The van der Waals surface area contributed by atoms with Crippen molar-refractivity contribution >= 4 is 11.9 Å². The smallest absolute Gasteiger partial charge is 0.335 e. The summed E-state index contributed by atoms with van der Waals surface area (Å²) < 4.78 is 0. The Hall–Kier alpha value is -2.70. The van der Waals surface area contributed by atoms with Crippen LogP contribution in [-0.4, -0.2) is 44.6 Å². The number of rotatable bonds is 9. The zero-order valence-electron chi connectivity index (χ0n) is 18.6. The van der Waals surface area contributed by atoms with Gasteiger partial charge in [-0.1, -0.05) is 70.0 Å². The van der Waals surface area contributed by atoms with E-state index in [9.17, 15) is 19.8 Å². The third-order valence-electron chi connectivity index (χ3n) is 4.76. The molecule has 2 rings (SSSR count). The van der Waals surface area contributed by atoms with Crippen LogP contribution in [0.3, 0.4) is 0 Å². The molecule has 0 radical (unpaired) electrons. The molecule has 6 heteroatoms. The molecule has 0 fully saturated rings. The molecule has 0 spiro atoms. The highest BCUT2D eigenvalue weighted by molar-refractivity contribution is 5.87. The van der Waals surface area contributed by atoms with Crippen LogP contribution < -0.4 is 0 Å². The first kappa shape index (κ1) is 28.3. The van der Waals surface area contributed by atoms with Crippen LogP contribution in [0.5, 0.6) is 0 Å². The zero-order valence-corrected chi connectivity index (χ0v) is 18.6. The van der Waals surface area contributed by atoms with Crippen molar-refractivity contribution in [3.05, 3.63) is 71.8 Å². The van der Waals surface area contributed by atoms with Gasteiger partial charge in [-0.15, -0.1) is 0 Å².